The molecule has 0 radical (unpaired) electrons. The van der Waals surface area contributed by atoms with Crippen LogP contribution in [0.3, 0.4) is 0 Å². The van der Waals surface area contributed by atoms with Gasteiger partial charge >= 0.3 is 0 Å². The van der Waals surface area contributed by atoms with Gasteiger partial charge in [-0.2, -0.15) is 0 Å². The van der Waals surface area contributed by atoms with Gasteiger partial charge in [-0.05, 0) is 43.5 Å². The summed E-state index contributed by atoms with van der Waals surface area (Å²) >= 11 is 5.90. The van der Waals surface area contributed by atoms with Crippen LogP contribution in [0.5, 0.6) is 0 Å². The van der Waals surface area contributed by atoms with Gasteiger partial charge in [0.25, 0.3) is 0 Å². The van der Waals surface area contributed by atoms with Crippen LogP contribution in [0.2, 0.25) is 5.02 Å². The molecule has 0 atom stereocenters. The lowest BCUT2D eigenvalue weighted by Crippen LogP contribution is -2.34. The third-order valence-electron chi connectivity index (χ3n) is 2.93. The molecule has 0 spiro atoms. The molecule has 1 fully saturated rings. The Morgan fingerprint density at radius 2 is 2.12 bits per heavy atom. The van der Waals surface area contributed by atoms with Gasteiger partial charge in [-0.1, -0.05) is 11.6 Å². The van der Waals surface area contributed by atoms with E-state index < -0.39 is 10.0 Å². The van der Waals surface area contributed by atoms with Crippen LogP contribution in [0, 0.1) is 0 Å². The van der Waals surface area contributed by atoms with Crippen molar-refractivity contribution in [2.24, 2.45) is 5.73 Å². The number of sulfonamides is 1. The quantitative estimate of drug-likeness (QED) is 0.877. The van der Waals surface area contributed by atoms with Crippen molar-refractivity contribution in [2.45, 2.75) is 36.7 Å². The highest BCUT2D eigenvalue weighted by Gasteiger charge is 2.41. The van der Waals surface area contributed by atoms with Crippen LogP contribution < -0.4 is 10.5 Å². The Labute approximate surface area is 106 Å². The van der Waals surface area contributed by atoms with Crippen LogP contribution in [0.4, 0.5) is 0 Å². The van der Waals surface area contributed by atoms with Crippen LogP contribution in [-0.2, 0) is 16.6 Å². The smallest absolute Gasteiger partial charge is 0.241 e. The number of hydrogen-bond donors (Lipinski definition) is 2. The molecule has 0 aromatic heterocycles. The number of hydrogen-bond acceptors (Lipinski definition) is 3. The third-order valence-corrected chi connectivity index (χ3v) is 4.93. The van der Waals surface area contributed by atoms with Crippen molar-refractivity contribution >= 4 is 21.6 Å². The summed E-state index contributed by atoms with van der Waals surface area (Å²) in [5.74, 6) is 0. The SMILES string of the molecule is CC1(NS(=O)(=O)c2ccc(Cl)c(CN)c2)CC1. The Hall–Kier alpha value is -0.620. The maximum atomic E-state index is 12.1. The Kier molecular flexibility index (Phi) is 3.20. The zero-order valence-electron chi connectivity index (χ0n) is 9.53. The molecule has 4 nitrogen and oxygen atoms in total. The predicted octanol–water partition coefficient (Wildman–Crippen LogP) is 1.63. The molecule has 0 aliphatic heterocycles. The first-order valence-electron chi connectivity index (χ1n) is 5.39. The summed E-state index contributed by atoms with van der Waals surface area (Å²) in [7, 11) is -3.47. The Balaban J connectivity index is 2.32. The van der Waals surface area contributed by atoms with Crippen molar-refractivity contribution in [3.05, 3.63) is 28.8 Å². The molecule has 1 saturated carbocycles. The molecule has 1 aromatic carbocycles. The molecule has 1 aliphatic carbocycles. The standard InChI is InChI=1S/C11H15ClN2O2S/c1-11(4-5-11)14-17(15,16)9-2-3-10(12)8(6-9)7-13/h2-3,6,14H,4-5,7,13H2,1H3. The maximum Gasteiger partial charge on any atom is 0.241 e. The van der Waals surface area contributed by atoms with Crippen molar-refractivity contribution in [1.29, 1.82) is 0 Å². The fourth-order valence-electron chi connectivity index (χ4n) is 1.55. The van der Waals surface area contributed by atoms with Crippen LogP contribution in [0.1, 0.15) is 25.3 Å². The normalized spacial score (nSPS) is 18.1. The summed E-state index contributed by atoms with van der Waals surface area (Å²) in [6.07, 6.45) is 1.76. The Morgan fingerprint density at radius 3 is 2.65 bits per heavy atom. The van der Waals surface area contributed by atoms with Gasteiger partial charge in [-0.15, -0.1) is 0 Å². The first-order chi connectivity index (χ1) is 7.86. The van der Waals surface area contributed by atoms with Gasteiger partial charge in [0, 0.05) is 17.1 Å². The van der Waals surface area contributed by atoms with Crippen molar-refractivity contribution in [3.8, 4) is 0 Å². The van der Waals surface area contributed by atoms with Gasteiger partial charge < -0.3 is 5.73 Å². The number of nitrogens with one attached hydrogen (secondary N) is 1. The van der Waals surface area contributed by atoms with Crippen LogP contribution in [0.15, 0.2) is 23.1 Å². The summed E-state index contributed by atoms with van der Waals surface area (Å²) in [4.78, 5) is 0.218. The lowest BCUT2D eigenvalue weighted by atomic mass is 10.2. The van der Waals surface area contributed by atoms with E-state index in [1.165, 1.54) is 12.1 Å². The molecule has 94 valence electrons. The van der Waals surface area contributed by atoms with E-state index in [0.29, 0.717) is 10.6 Å². The zero-order chi connectivity index (χ0) is 12.7. The second-order valence-electron chi connectivity index (χ2n) is 4.62. The highest BCUT2D eigenvalue weighted by molar-refractivity contribution is 7.89. The number of rotatable bonds is 4. The lowest BCUT2D eigenvalue weighted by Gasteiger charge is -2.13. The molecule has 17 heavy (non-hydrogen) atoms. The molecule has 6 heteroatoms. The molecule has 2 rings (SSSR count). The fourth-order valence-corrected chi connectivity index (χ4v) is 3.26. The topological polar surface area (TPSA) is 72.2 Å². The number of halogens is 1. The lowest BCUT2D eigenvalue weighted by molar-refractivity contribution is 0.558. The summed E-state index contributed by atoms with van der Waals surface area (Å²) in [5.41, 5.74) is 5.86. The Morgan fingerprint density at radius 1 is 1.47 bits per heavy atom. The summed E-state index contributed by atoms with van der Waals surface area (Å²) in [5, 5.41) is 0.490. The molecule has 0 unspecified atom stereocenters. The molecule has 0 heterocycles. The average Bonchev–Trinajstić information content (AvgIpc) is 2.95. The van der Waals surface area contributed by atoms with Crippen LogP contribution in [-0.4, -0.2) is 14.0 Å². The van der Waals surface area contributed by atoms with Crippen molar-refractivity contribution in [1.82, 2.24) is 4.72 Å². The minimum Gasteiger partial charge on any atom is -0.326 e. The van der Waals surface area contributed by atoms with Gasteiger partial charge in [-0.25, -0.2) is 13.1 Å². The van der Waals surface area contributed by atoms with Gasteiger partial charge in [0.15, 0.2) is 0 Å². The van der Waals surface area contributed by atoms with E-state index in [1.807, 2.05) is 6.92 Å². The van der Waals surface area contributed by atoms with E-state index in [9.17, 15) is 8.42 Å². The first-order valence-corrected chi connectivity index (χ1v) is 7.25. The molecule has 1 aliphatic rings. The van der Waals surface area contributed by atoms with Crippen LogP contribution in [0.25, 0.3) is 0 Å². The third kappa shape index (κ3) is 2.80. The van der Waals surface area contributed by atoms with Gasteiger partial charge in [-0.3, -0.25) is 0 Å². The van der Waals surface area contributed by atoms with Crippen molar-refractivity contribution in [2.75, 3.05) is 0 Å². The predicted molar refractivity (Wildman–Crippen MR) is 67.3 cm³/mol. The second-order valence-corrected chi connectivity index (χ2v) is 6.71. The van der Waals surface area contributed by atoms with Crippen molar-refractivity contribution in [3.63, 3.8) is 0 Å². The summed E-state index contributed by atoms with van der Waals surface area (Å²) < 4.78 is 26.8. The van der Waals surface area contributed by atoms with E-state index in [0.717, 1.165) is 12.8 Å². The molecule has 1 aromatic rings. The van der Waals surface area contributed by atoms with E-state index in [4.69, 9.17) is 17.3 Å². The van der Waals surface area contributed by atoms with Crippen molar-refractivity contribution < 1.29 is 8.42 Å². The molecule has 0 amide bonds. The zero-order valence-corrected chi connectivity index (χ0v) is 11.1. The van der Waals surface area contributed by atoms with E-state index in [-0.39, 0.29) is 17.0 Å². The maximum absolute atomic E-state index is 12.1. The summed E-state index contributed by atoms with van der Waals surface area (Å²) in [6.45, 7) is 2.11. The Bertz CT molecular complexity index is 538. The second kappa shape index (κ2) is 4.24. The number of benzene rings is 1. The van der Waals surface area contributed by atoms with Gasteiger partial charge in [0.1, 0.15) is 0 Å². The first kappa shape index (κ1) is 12.8. The summed E-state index contributed by atoms with van der Waals surface area (Å²) in [6, 6.07) is 4.58. The molecular weight excluding hydrogens is 260 g/mol. The molecule has 3 N–H and O–H groups in total. The number of nitrogens with two attached hydrogens (primary N) is 1. The minimum absolute atomic E-state index is 0.218. The highest BCUT2D eigenvalue weighted by Crippen LogP contribution is 2.36. The molecular formula is C11H15ClN2O2S. The largest absolute Gasteiger partial charge is 0.326 e. The fraction of sp³-hybridized carbons (Fsp3) is 0.455. The van der Waals surface area contributed by atoms with E-state index in [1.54, 1.807) is 6.07 Å². The minimum atomic E-state index is -3.47. The molecule has 0 bridgehead atoms. The van der Waals surface area contributed by atoms with E-state index in [2.05, 4.69) is 4.72 Å². The average molecular weight is 275 g/mol. The monoisotopic (exact) mass is 274 g/mol. The van der Waals surface area contributed by atoms with Crippen LogP contribution >= 0.6 is 11.6 Å². The van der Waals surface area contributed by atoms with E-state index >= 15 is 0 Å². The van der Waals surface area contributed by atoms with Gasteiger partial charge in [0.2, 0.25) is 10.0 Å². The van der Waals surface area contributed by atoms with Gasteiger partial charge in [0.05, 0.1) is 4.90 Å². The highest BCUT2D eigenvalue weighted by atomic mass is 35.5. The molecule has 0 saturated heterocycles.